The van der Waals surface area contributed by atoms with Gasteiger partial charge in [-0.1, -0.05) is 0 Å². The van der Waals surface area contributed by atoms with E-state index in [4.69, 9.17) is 69.3 Å². The molecular formula is C14H29KO14. The van der Waals surface area contributed by atoms with Crippen LogP contribution in [0.4, 0.5) is 0 Å². The van der Waals surface area contributed by atoms with E-state index in [0.717, 1.165) is 48.5 Å². The fourth-order valence-corrected chi connectivity index (χ4v) is 0. The van der Waals surface area contributed by atoms with Crippen LogP contribution in [0.15, 0.2) is 0 Å². The van der Waals surface area contributed by atoms with Gasteiger partial charge in [-0.05, 0) is 0 Å². The molecule has 0 aliphatic carbocycles. The molecule has 14 nitrogen and oxygen atoms in total. The average Bonchev–Trinajstić information content (AvgIpc) is 2.20. The summed E-state index contributed by atoms with van der Waals surface area (Å²) in [4.78, 5) is 63.0. The Hall–Kier alpha value is -2.07. The Kier molecular flexibility index (Phi) is 78.4. The second-order valence-electron chi connectivity index (χ2n) is 3.63. The van der Waals surface area contributed by atoms with E-state index in [2.05, 4.69) is 0 Å². The third-order valence-electron chi connectivity index (χ3n) is 0. The van der Waals surface area contributed by atoms with Crippen molar-refractivity contribution in [2.75, 3.05) is 0 Å². The Morgan fingerprint density at radius 2 is 0.310 bits per heavy atom. The number of hydrogen-bond donors (Lipinski definition) is 7. The van der Waals surface area contributed by atoms with Gasteiger partial charge in [-0.2, -0.15) is 0 Å². The molecule has 0 bridgehead atoms. The summed E-state index contributed by atoms with van der Waals surface area (Å²) >= 11 is 0. The van der Waals surface area contributed by atoms with Gasteiger partial charge < -0.3 is 35.7 Å². The Balaban J connectivity index is -0.0000000294. The van der Waals surface area contributed by atoms with Gasteiger partial charge in [0.1, 0.15) is 0 Å². The Bertz CT molecular complexity index is 313. The van der Waals surface area contributed by atoms with Crippen LogP contribution < -0.4 is 0 Å². The molecule has 0 saturated carbocycles. The summed E-state index contributed by atoms with van der Waals surface area (Å²) in [6.07, 6.45) is 0. The van der Waals surface area contributed by atoms with Crippen molar-refractivity contribution < 1.29 is 69.3 Å². The third kappa shape index (κ3) is 3450. The van der Waals surface area contributed by atoms with Crippen molar-refractivity contribution in [3.05, 3.63) is 0 Å². The van der Waals surface area contributed by atoms with Crippen LogP contribution in [0.3, 0.4) is 0 Å². The van der Waals surface area contributed by atoms with Crippen LogP contribution in [0, 0.1) is 0 Å². The summed E-state index contributed by atoms with van der Waals surface area (Å²) in [7, 11) is 0. The molecule has 0 aromatic heterocycles. The van der Waals surface area contributed by atoms with Gasteiger partial charge in [-0.3, -0.25) is 33.6 Å². The molecule has 15 heteroatoms. The first kappa shape index (κ1) is 50.5. The first-order valence-corrected chi connectivity index (χ1v) is 6.49. The fourth-order valence-electron chi connectivity index (χ4n) is 0. The molecule has 29 heavy (non-hydrogen) atoms. The first-order valence-electron chi connectivity index (χ1n) is 6.49. The van der Waals surface area contributed by atoms with E-state index in [1.807, 2.05) is 0 Å². The third-order valence-corrected chi connectivity index (χ3v) is 0. The molecular weight excluding hydrogens is 431 g/mol. The normalized spacial score (nSPS) is 6.03. The Morgan fingerprint density at radius 3 is 0.310 bits per heavy atom. The van der Waals surface area contributed by atoms with Gasteiger partial charge in [0.05, 0.1) is 0 Å². The molecule has 0 radical (unpaired) electrons. The quantitative estimate of drug-likeness (QED) is 0.234. The van der Waals surface area contributed by atoms with E-state index < -0.39 is 41.8 Å². The summed E-state index contributed by atoms with van der Waals surface area (Å²) < 4.78 is 0. The van der Waals surface area contributed by atoms with Crippen molar-refractivity contribution >= 4 is 93.2 Å². The summed E-state index contributed by atoms with van der Waals surface area (Å²) in [5, 5.41) is 51.9. The van der Waals surface area contributed by atoms with Gasteiger partial charge >= 0.3 is 51.4 Å². The van der Waals surface area contributed by atoms with Gasteiger partial charge in [-0.25, -0.2) is 0 Å². The van der Waals surface area contributed by atoms with E-state index in [9.17, 15) is 0 Å². The number of carboxylic acid groups (broad SMARTS) is 7. The summed E-state index contributed by atoms with van der Waals surface area (Å²) in [6.45, 7) is 7.58. The van der Waals surface area contributed by atoms with Crippen molar-refractivity contribution in [2.24, 2.45) is 0 Å². The first-order chi connectivity index (χ1) is 12.1. The average molecular weight is 460 g/mol. The van der Waals surface area contributed by atoms with Crippen molar-refractivity contribution in [3.8, 4) is 0 Å². The topological polar surface area (TPSA) is 261 Å². The second-order valence-corrected chi connectivity index (χ2v) is 3.63. The molecule has 0 aromatic carbocycles. The van der Waals surface area contributed by atoms with Crippen LogP contribution in [0.1, 0.15) is 48.5 Å². The van der Waals surface area contributed by atoms with Crippen molar-refractivity contribution in [1.82, 2.24) is 0 Å². The zero-order valence-corrected chi connectivity index (χ0v) is 16.5. The number of carboxylic acids is 7. The monoisotopic (exact) mass is 460 g/mol. The summed E-state index contributed by atoms with van der Waals surface area (Å²) in [5.74, 6) is -5.83. The maximum absolute atomic E-state index is 9.00. The van der Waals surface area contributed by atoms with Crippen molar-refractivity contribution in [2.45, 2.75) is 48.5 Å². The molecule has 0 amide bonds. The van der Waals surface area contributed by atoms with E-state index in [0.29, 0.717) is 0 Å². The Morgan fingerprint density at radius 1 is 0.310 bits per heavy atom. The number of aliphatic carboxylic acids is 7. The second kappa shape index (κ2) is 45.0. The molecule has 0 aromatic rings. The molecule has 170 valence electrons. The van der Waals surface area contributed by atoms with Crippen molar-refractivity contribution in [1.29, 1.82) is 0 Å². The van der Waals surface area contributed by atoms with Gasteiger partial charge in [0.2, 0.25) is 0 Å². The summed E-state index contributed by atoms with van der Waals surface area (Å²) in [6, 6.07) is 0. The van der Waals surface area contributed by atoms with Gasteiger partial charge in [0.25, 0.3) is 41.8 Å². The molecule has 7 N–H and O–H groups in total. The van der Waals surface area contributed by atoms with E-state index in [1.54, 1.807) is 0 Å². The standard InChI is InChI=1S/7C2H4O2.K.H/c7*1-2(3)4;;/h7*1H3,(H,3,4);;. The van der Waals surface area contributed by atoms with Gasteiger partial charge in [0, 0.05) is 48.5 Å². The maximum atomic E-state index is 9.00. The number of hydrogen-bond acceptors (Lipinski definition) is 7. The zero-order valence-electron chi connectivity index (χ0n) is 16.5. The molecule has 0 rings (SSSR count). The van der Waals surface area contributed by atoms with Crippen LogP contribution in [-0.4, -0.2) is 129 Å². The van der Waals surface area contributed by atoms with E-state index in [1.165, 1.54) is 0 Å². The van der Waals surface area contributed by atoms with Crippen LogP contribution >= 0.6 is 0 Å². The SMILES string of the molecule is CC(=O)O.CC(=O)O.CC(=O)O.CC(=O)O.CC(=O)O.CC(=O)O.CC(=O)O.[KH]. The van der Waals surface area contributed by atoms with Gasteiger partial charge in [0.15, 0.2) is 0 Å². The number of carbonyl (C=O) groups is 7. The minimum atomic E-state index is -0.833. The molecule has 0 heterocycles. The van der Waals surface area contributed by atoms with Crippen LogP contribution in [0.5, 0.6) is 0 Å². The molecule has 0 spiro atoms. The fraction of sp³-hybridized carbons (Fsp3) is 0.500. The molecule has 0 aliphatic rings. The van der Waals surface area contributed by atoms with Gasteiger partial charge in [-0.15, -0.1) is 0 Å². The van der Waals surface area contributed by atoms with Crippen molar-refractivity contribution in [3.63, 3.8) is 0 Å². The molecule has 0 unspecified atom stereocenters. The van der Waals surface area contributed by atoms with Crippen LogP contribution in [0.25, 0.3) is 0 Å². The zero-order chi connectivity index (χ0) is 25.0. The minimum absolute atomic E-state index is 0. The number of rotatable bonds is 0. The van der Waals surface area contributed by atoms with Crippen LogP contribution in [-0.2, 0) is 33.6 Å². The van der Waals surface area contributed by atoms with E-state index in [-0.39, 0.29) is 51.4 Å². The van der Waals surface area contributed by atoms with E-state index >= 15 is 0 Å². The predicted octanol–water partition coefficient (Wildman–Crippen LogP) is -0.0122. The Labute approximate surface area is 209 Å². The van der Waals surface area contributed by atoms with Crippen LogP contribution in [0.2, 0.25) is 0 Å². The molecule has 0 fully saturated rings. The molecule has 0 saturated heterocycles. The molecule has 0 aliphatic heterocycles. The summed E-state index contributed by atoms with van der Waals surface area (Å²) in [5.41, 5.74) is 0. The predicted molar refractivity (Wildman–Crippen MR) is 100 cm³/mol. The molecule has 0 atom stereocenters.